The van der Waals surface area contributed by atoms with E-state index in [1.54, 1.807) is 12.5 Å². The van der Waals surface area contributed by atoms with Crippen molar-refractivity contribution in [3.63, 3.8) is 0 Å². The van der Waals surface area contributed by atoms with Crippen molar-refractivity contribution in [3.8, 4) is 0 Å². The zero-order chi connectivity index (χ0) is 12.4. The molecule has 0 aromatic carbocycles. The van der Waals surface area contributed by atoms with E-state index in [9.17, 15) is 0 Å². The maximum atomic E-state index is 5.27. The second-order valence-corrected chi connectivity index (χ2v) is 4.17. The number of nitrogens with zero attached hydrogens (tertiary/aromatic N) is 2. The van der Waals surface area contributed by atoms with Crippen LogP contribution in [0.3, 0.4) is 0 Å². The summed E-state index contributed by atoms with van der Waals surface area (Å²) in [7, 11) is 0. The van der Waals surface area contributed by atoms with E-state index in [1.807, 2.05) is 25.1 Å². The van der Waals surface area contributed by atoms with E-state index < -0.39 is 0 Å². The molecule has 18 heavy (non-hydrogen) atoms. The quantitative estimate of drug-likeness (QED) is 0.735. The highest BCUT2D eigenvalue weighted by molar-refractivity contribution is 5.74. The molecule has 0 saturated heterocycles. The fourth-order valence-corrected chi connectivity index (χ4v) is 1.96. The van der Waals surface area contributed by atoms with Crippen molar-refractivity contribution in [1.82, 2.24) is 20.3 Å². The third-order valence-electron chi connectivity index (χ3n) is 2.79. The Labute approximate surface area is 104 Å². The Morgan fingerprint density at radius 2 is 2.28 bits per heavy atom. The van der Waals surface area contributed by atoms with Crippen molar-refractivity contribution in [2.45, 2.75) is 20.0 Å². The molecule has 0 spiro atoms. The van der Waals surface area contributed by atoms with Crippen LogP contribution in [-0.2, 0) is 13.1 Å². The summed E-state index contributed by atoms with van der Waals surface area (Å²) in [5.74, 6) is 1.82. The van der Waals surface area contributed by atoms with Crippen LogP contribution in [0.2, 0.25) is 0 Å². The van der Waals surface area contributed by atoms with Gasteiger partial charge in [0.25, 0.3) is 0 Å². The Morgan fingerprint density at radius 3 is 3.11 bits per heavy atom. The molecule has 0 aliphatic heterocycles. The maximum absolute atomic E-state index is 5.27. The van der Waals surface area contributed by atoms with Gasteiger partial charge < -0.3 is 14.7 Å². The van der Waals surface area contributed by atoms with Crippen molar-refractivity contribution < 1.29 is 4.42 Å². The lowest BCUT2D eigenvalue weighted by Crippen LogP contribution is -2.12. The molecular weight excluding hydrogens is 228 g/mol. The number of aromatic amines is 1. The molecule has 2 N–H and O–H groups in total. The second-order valence-electron chi connectivity index (χ2n) is 4.17. The van der Waals surface area contributed by atoms with Crippen LogP contribution in [0.15, 0.2) is 35.1 Å². The van der Waals surface area contributed by atoms with Crippen LogP contribution in [0.4, 0.5) is 0 Å². The van der Waals surface area contributed by atoms with Gasteiger partial charge in [0.2, 0.25) is 0 Å². The molecule has 0 aliphatic carbocycles. The van der Waals surface area contributed by atoms with E-state index in [0.29, 0.717) is 6.54 Å². The molecule has 92 valence electrons. The zero-order valence-corrected chi connectivity index (χ0v) is 10.1. The molecule has 3 aromatic rings. The van der Waals surface area contributed by atoms with Crippen LogP contribution < -0.4 is 5.32 Å². The van der Waals surface area contributed by atoms with Gasteiger partial charge in [0.15, 0.2) is 5.65 Å². The summed E-state index contributed by atoms with van der Waals surface area (Å²) < 4.78 is 5.27. The molecule has 0 bridgehead atoms. The fraction of sp³-hybridized carbons (Fsp3) is 0.231. The third-order valence-corrected chi connectivity index (χ3v) is 2.79. The van der Waals surface area contributed by atoms with Gasteiger partial charge in [-0.2, -0.15) is 0 Å². The van der Waals surface area contributed by atoms with Crippen molar-refractivity contribution >= 4 is 11.2 Å². The number of H-pyrrole nitrogens is 1. The fourth-order valence-electron chi connectivity index (χ4n) is 1.96. The van der Waals surface area contributed by atoms with Crippen LogP contribution in [0.25, 0.3) is 11.2 Å². The Hall–Kier alpha value is -2.14. The molecule has 5 heteroatoms. The minimum Gasteiger partial charge on any atom is -0.468 e. The topological polar surface area (TPSA) is 66.7 Å². The first-order valence-corrected chi connectivity index (χ1v) is 5.86. The van der Waals surface area contributed by atoms with Gasteiger partial charge in [-0.3, -0.25) is 0 Å². The predicted molar refractivity (Wildman–Crippen MR) is 67.9 cm³/mol. The molecule has 0 unspecified atom stereocenters. The van der Waals surface area contributed by atoms with Gasteiger partial charge in [-0.1, -0.05) is 0 Å². The minimum atomic E-state index is 0.712. The van der Waals surface area contributed by atoms with Crippen molar-refractivity contribution in [3.05, 3.63) is 47.8 Å². The van der Waals surface area contributed by atoms with E-state index in [1.165, 1.54) is 0 Å². The van der Waals surface area contributed by atoms with Gasteiger partial charge in [0, 0.05) is 12.7 Å². The lowest BCUT2D eigenvalue weighted by Gasteiger charge is -2.03. The molecule has 0 aliphatic rings. The molecular formula is C13H14N4O. The second kappa shape index (κ2) is 4.62. The van der Waals surface area contributed by atoms with E-state index in [4.69, 9.17) is 4.42 Å². The maximum Gasteiger partial charge on any atom is 0.177 e. The number of aromatic nitrogens is 3. The third kappa shape index (κ3) is 2.12. The van der Waals surface area contributed by atoms with Crippen molar-refractivity contribution in [1.29, 1.82) is 0 Å². The summed E-state index contributed by atoms with van der Waals surface area (Å²) in [4.78, 5) is 11.8. The van der Waals surface area contributed by atoms with Crippen LogP contribution in [0.5, 0.6) is 0 Å². The SMILES string of the molecule is Cc1nc2nccc(CNCc3ccco3)c2[nH]1. The van der Waals surface area contributed by atoms with Crippen LogP contribution >= 0.6 is 0 Å². The average molecular weight is 242 g/mol. The molecule has 5 nitrogen and oxygen atoms in total. The normalized spacial score (nSPS) is 11.2. The van der Waals surface area contributed by atoms with Gasteiger partial charge in [0.05, 0.1) is 18.3 Å². The summed E-state index contributed by atoms with van der Waals surface area (Å²) in [6.45, 7) is 3.40. The van der Waals surface area contributed by atoms with Crippen LogP contribution in [0, 0.1) is 6.92 Å². The Morgan fingerprint density at radius 1 is 1.33 bits per heavy atom. The van der Waals surface area contributed by atoms with Crippen LogP contribution in [0.1, 0.15) is 17.1 Å². The summed E-state index contributed by atoms with van der Waals surface area (Å²) in [5, 5.41) is 3.34. The van der Waals surface area contributed by atoms with Gasteiger partial charge in [-0.15, -0.1) is 0 Å². The Kier molecular flexibility index (Phi) is 2.82. The number of hydrogen-bond donors (Lipinski definition) is 2. The average Bonchev–Trinajstić information content (AvgIpc) is 2.97. The van der Waals surface area contributed by atoms with E-state index >= 15 is 0 Å². The number of fused-ring (bicyclic) bond motifs is 1. The minimum absolute atomic E-state index is 0.712. The molecule has 0 saturated carbocycles. The number of hydrogen-bond acceptors (Lipinski definition) is 4. The first-order chi connectivity index (χ1) is 8.83. The summed E-state index contributed by atoms with van der Waals surface area (Å²) in [6, 6.07) is 5.84. The number of nitrogens with one attached hydrogen (secondary N) is 2. The van der Waals surface area contributed by atoms with E-state index in [2.05, 4.69) is 20.3 Å². The first kappa shape index (κ1) is 11.0. The zero-order valence-electron chi connectivity index (χ0n) is 10.1. The number of pyridine rings is 1. The van der Waals surface area contributed by atoms with Gasteiger partial charge >= 0.3 is 0 Å². The summed E-state index contributed by atoms with van der Waals surface area (Å²) in [6.07, 6.45) is 3.46. The predicted octanol–water partition coefficient (Wildman–Crippen LogP) is 2.15. The molecule has 0 radical (unpaired) electrons. The van der Waals surface area contributed by atoms with Crippen molar-refractivity contribution in [2.24, 2.45) is 0 Å². The van der Waals surface area contributed by atoms with E-state index in [0.717, 1.165) is 34.9 Å². The van der Waals surface area contributed by atoms with Gasteiger partial charge in [-0.25, -0.2) is 9.97 Å². The number of furan rings is 1. The number of rotatable bonds is 4. The Balaban J connectivity index is 1.74. The molecule has 3 aromatic heterocycles. The molecule has 0 fully saturated rings. The van der Waals surface area contributed by atoms with E-state index in [-0.39, 0.29) is 0 Å². The number of aryl methyl sites for hydroxylation is 1. The monoisotopic (exact) mass is 242 g/mol. The van der Waals surface area contributed by atoms with Gasteiger partial charge in [0.1, 0.15) is 11.6 Å². The number of imidazole rings is 1. The standard InChI is InChI=1S/C13H14N4O/c1-9-16-12-10(4-5-15-13(12)17-9)7-14-8-11-3-2-6-18-11/h2-6,14H,7-8H2,1H3,(H,15,16,17). The first-order valence-electron chi connectivity index (χ1n) is 5.86. The smallest absolute Gasteiger partial charge is 0.177 e. The van der Waals surface area contributed by atoms with Crippen LogP contribution in [-0.4, -0.2) is 15.0 Å². The highest BCUT2D eigenvalue weighted by Crippen LogP contribution is 2.13. The summed E-state index contributed by atoms with van der Waals surface area (Å²) >= 11 is 0. The highest BCUT2D eigenvalue weighted by Gasteiger charge is 2.05. The van der Waals surface area contributed by atoms with Gasteiger partial charge in [-0.05, 0) is 30.7 Å². The van der Waals surface area contributed by atoms with Crippen molar-refractivity contribution in [2.75, 3.05) is 0 Å². The highest BCUT2D eigenvalue weighted by atomic mass is 16.3. The Bertz CT molecular complexity index is 642. The molecule has 3 heterocycles. The molecule has 0 atom stereocenters. The molecule has 3 rings (SSSR count). The largest absolute Gasteiger partial charge is 0.468 e. The lowest BCUT2D eigenvalue weighted by atomic mass is 10.2. The lowest BCUT2D eigenvalue weighted by molar-refractivity contribution is 0.483. The molecule has 0 amide bonds. The summed E-state index contributed by atoms with van der Waals surface area (Å²) in [5.41, 5.74) is 2.93.